The van der Waals surface area contributed by atoms with Crippen LogP contribution in [0.4, 0.5) is 5.95 Å². The molecule has 0 spiro atoms. The highest BCUT2D eigenvalue weighted by Crippen LogP contribution is 2.53. The molecule has 0 radical (unpaired) electrons. The van der Waals surface area contributed by atoms with Crippen LogP contribution in [0.5, 0.6) is 0 Å². The van der Waals surface area contributed by atoms with E-state index in [4.69, 9.17) is 11.6 Å². The highest BCUT2D eigenvalue weighted by Gasteiger charge is 2.48. The van der Waals surface area contributed by atoms with E-state index in [1.165, 1.54) is 32.1 Å². The van der Waals surface area contributed by atoms with Crippen LogP contribution in [0.25, 0.3) is 0 Å². The number of amides is 1. The number of hydrogen-bond donors (Lipinski definition) is 1. The number of aromatic nitrogens is 2. The molecule has 25 heavy (non-hydrogen) atoms. The Kier molecular flexibility index (Phi) is 3.88. The van der Waals surface area contributed by atoms with Crippen LogP contribution in [0, 0.1) is 23.7 Å². The molecule has 1 aliphatic heterocycles. The van der Waals surface area contributed by atoms with Crippen LogP contribution in [-0.2, 0) is 0 Å². The van der Waals surface area contributed by atoms with E-state index in [1.807, 2.05) is 0 Å². The van der Waals surface area contributed by atoms with Gasteiger partial charge in [-0.15, -0.1) is 0 Å². The topological polar surface area (TPSA) is 58.1 Å². The first-order valence-electron chi connectivity index (χ1n) is 9.75. The van der Waals surface area contributed by atoms with Crippen molar-refractivity contribution in [1.82, 2.24) is 15.3 Å². The van der Waals surface area contributed by atoms with Crippen molar-refractivity contribution in [2.45, 2.75) is 51.0 Å². The van der Waals surface area contributed by atoms with E-state index in [9.17, 15) is 4.79 Å². The summed E-state index contributed by atoms with van der Waals surface area (Å²) in [5, 5.41) is 3.66. The van der Waals surface area contributed by atoms with Crippen molar-refractivity contribution in [2.75, 3.05) is 18.0 Å². The molecule has 1 amide bonds. The first-order valence-corrected chi connectivity index (χ1v) is 10.1. The zero-order valence-electron chi connectivity index (χ0n) is 14.5. The minimum absolute atomic E-state index is 0.120. The Bertz CT molecular complexity index is 660. The quantitative estimate of drug-likeness (QED) is 0.898. The molecule has 4 bridgehead atoms. The van der Waals surface area contributed by atoms with E-state index in [1.54, 1.807) is 6.20 Å². The average molecular weight is 361 g/mol. The predicted molar refractivity (Wildman–Crippen MR) is 96.8 cm³/mol. The number of nitrogens with zero attached hydrogens (tertiary/aromatic N) is 3. The first kappa shape index (κ1) is 15.9. The second-order valence-electron chi connectivity index (χ2n) is 8.49. The molecule has 6 heteroatoms. The van der Waals surface area contributed by atoms with Crippen molar-refractivity contribution in [3.8, 4) is 0 Å². The number of halogens is 1. The third-order valence-corrected chi connectivity index (χ3v) is 7.14. The summed E-state index contributed by atoms with van der Waals surface area (Å²) in [6.07, 6.45) is 10.5. The van der Waals surface area contributed by atoms with Crippen molar-refractivity contribution >= 4 is 23.5 Å². The van der Waals surface area contributed by atoms with Gasteiger partial charge in [0.05, 0.1) is 11.2 Å². The van der Waals surface area contributed by atoms with Crippen LogP contribution < -0.4 is 10.2 Å². The lowest BCUT2D eigenvalue weighted by Gasteiger charge is -2.54. The second kappa shape index (κ2) is 6.11. The maximum absolute atomic E-state index is 12.9. The third-order valence-electron chi connectivity index (χ3n) is 6.86. The average Bonchev–Trinajstić information content (AvgIpc) is 3.12. The van der Waals surface area contributed by atoms with E-state index in [2.05, 4.69) is 20.2 Å². The molecular weight excluding hydrogens is 336 g/mol. The van der Waals surface area contributed by atoms with Gasteiger partial charge in [-0.1, -0.05) is 11.6 Å². The lowest BCUT2D eigenvalue weighted by Crippen LogP contribution is -2.55. The number of nitrogens with one attached hydrogen (secondary N) is 1. The van der Waals surface area contributed by atoms with Gasteiger partial charge in [-0.05, 0) is 68.6 Å². The van der Waals surface area contributed by atoms with Crippen molar-refractivity contribution in [3.63, 3.8) is 0 Å². The monoisotopic (exact) mass is 360 g/mol. The van der Waals surface area contributed by atoms with Gasteiger partial charge in [0.25, 0.3) is 5.91 Å². The number of carbonyl (C=O) groups is 1. The van der Waals surface area contributed by atoms with Gasteiger partial charge in [0, 0.05) is 19.1 Å². The van der Waals surface area contributed by atoms with E-state index < -0.39 is 0 Å². The molecule has 5 fully saturated rings. The Morgan fingerprint density at radius 1 is 1.08 bits per heavy atom. The Morgan fingerprint density at radius 3 is 2.36 bits per heavy atom. The number of rotatable bonds is 3. The van der Waals surface area contributed by atoms with Crippen molar-refractivity contribution < 1.29 is 4.79 Å². The molecule has 2 heterocycles. The van der Waals surface area contributed by atoms with E-state index in [0.29, 0.717) is 34.5 Å². The van der Waals surface area contributed by atoms with Crippen LogP contribution in [-0.4, -0.2) is 35.0 Å². The highest BCUT2D eigenvalue weighted by atomic mass is 35.5. The molecule has 5 nitrogen and oxygen atoms in total. The molecule has 1 N–H and O–H groups in total. The zero-order chi connectivity index (χ0) is 17.0. The summed E-state index contributed by atoms with van der Waals surface area (Å²) in [5.41, 5.74) is 0.340. The standard InChI is InChI=1S/C19H25ClN4O/c20-15-10-21-19(24-3-1-2-4-24)23-17(15)18(25)22-16-13-6-11-5-12(8-13)9-14(16)7-11/h10-14,16H,1-9H2,(H,22,25). The molecule has 1 aromatic heterocycles. The van der Waals surface area contributed by atoms with E-state index in [-0.39, 0.29) is 5.91 Å². The molecular formula is C19H25ClN4O. The minimum atomic E-state index is -0.120. The molecule has 0 atom stereocenters. The molecule has 0 unspecified atom stereocenters. The fourth-order valence-electron chi connectivity index (χ4n) is 5.97. The molecule has 1 saturated heterocycles. The number of carbonyl (C=O) groups excluding carboxylic acids is 1. The Hall–Kier alpha value is -1.36. The first-order chi connectivity index (χ1) is 12.2. The fourth-order valence-corrected chi connectivity index (χ4v) is 6.14. The summed E-state index contributed by atoms with van der Waals surface area (Å²) < 4.78 is 0. The summed E-state index contributed by atoms with van der Waals surface area (Å²) in [6, 6.07) is 0.307. The largest absolute Gasteiger partial charge is 0.347 e. The van der Waals surface area contributed by atoms with Crippen molar-refractivity contribution in [1.29, 1.82) is 0 Å². The Balaban J connectivity index is 1.35. The van der Waals surface area contributed by atoms with Gasteiger partial charge in [-0.25, -0.2) is 9.97 Å². The predicted octanol–water partition coefficient (Wildman–Crippen LogP) is 3.28. The molecule has 4 saturated carbocycles. The summed E-state index contributed by atoms with van der Waals surface area (Å²) >= 11 is 6.26. The molecule has 1 aromatic rings. The second-order valence-corrected chi connectivity index (χ2v) is 8.90. The van der Waals surface area contributed by atoms with Gasteiger partial charge in [-0.2, -0.15) is 0 Å². The lowest BCUT2D eigenvalue weighted by molar-refractivity contribution is -0.0120. The summed E-state index contributed by atoms with van der Waals surface area (Å²) in [4.78, 5) is 23.9. The maximum atomic E-state index is 12.9. The fraction of sp³-hybridized carbons (Fsp3) is 0.737. The normalized spacial score (nSPS) is 36.0. The maximum Gasteiger partial charge on any atom is 0.271 e. The van der Waals surface area contributed by atoms with E-state index in [0.717, 1.165) is 37.8 Å². The van der Waals surface area contributed by atoms with Gasteiger partial charge >= 0.3 is 0 Å². The van der Waals surface area contributed by atoms with Gasteiger partial charge in [-0.3, -0.25) is 4.79 Å². The van der Waals surface area contributed by atoms with Gasteiger partial charge in [0.15, 0.2) is 5.69 Å². The smallest absolute Gasteiger partial charge is 0.271 e. The Morgan fingerprint density at radius 2 is 1.72 bits per heavy atom. The van der Waals surface area contributed by atoms with E-state index >= 15 is 0 Å². The van der Waals surface area contributed by atoms with Crippen molar-refractivity contribution in [2.24, 2.45) is 23.7 Å². The van der Waals surface area contributed by atoms with Gasteiger partial charge < -0.3 is 10.2 Å². The van der Waals surface area contributed by atoms with Crippen LogP contribution in [0.3, 0.4) is 0 Å². The van der Waals surface area contributed by atoms with Crippen LogP contribution >= 0.6 is 11.6 Å². The zero-order valence-corrected chi connectivity index (χ0v) is 15.2. The number of anilines is 1. The summed E-state index contributed by atoms with van der Waals surface area (Å²) in [6.45, 7) is 1.91. The summed E-state index contributed by atoms with van der Waals surface area (Å²) in [7, 11) is 0. The molecule has 0 aromatic carbocycles. The molecule has 5 aliphatic rings. The van der Waals surface area contributed by atoms with Crippen LogP contribution in [0.1, 0.15) is 55.4 Å². The molecule has 6 rings (SSSR count). The molecule has 4 aliphatic carbocycles. The van der Waals surface area contributed by atoms with Crippen LogP contribution in [0.2, 0.25) is 5.02 Å². The van der Waals surface area contributed by atoms with Gasteiger partial charge in [0.2, 0.25) is 5.95 Å². The Labute approximate surface area is 153 Å². The van der Waals surface area contributed by atoms with Crippen LogP contribution in [0.15, 0.2) is 6.20 Å². The van der Waals surface area contributed by atoms with Crippen molar-refractivity contribution in [3.05, 3.63) is 16.9 Å². The number of hydrogen-bond acceptors (Lipinski definition) is 4. The summed E-state index contributed by atoms with van der Waals surface area (Å²) in [5.74, 6) is 3.63. The van der Waals surface area contributed by atoms with Gasteiger partial charge in [0.1, 0.15) is 0 Å². The minimum Gasteiger partial charge on any atom is -0.347 e. The highest BCUT2D eigenvalue weighted by molar-refractivity contribution is 6.33. The lowest BCUT2D eigenvalue weighted by atomic mass is 9.54. The SMILES string of the molecule is O=C(NC1C2CC3CC(C2)CC1C3)c1nc(N2CCCC2)ncc1Cl. The molecule has 134 valence electrons. The third kappa shape index (κ3) is 2.80.